The number of hydrogen-bond donors (Lipinski definition) is 3. The van der Waals surface area contributed by atoms with Gasteiger partial charge in [0.15, 0.2) is 5.82 Å². The Morgan fingerprint density at radius 1 is 1.16 bits per heavy atom. The maximum Gasteiger partial charge on any atom is 0.291 e. The Labute approximate surface area is 181 Å². The summed E-state index contributed by atoms with van der Waals surface area (Å²) in [6.45, 7) is 0.477. The van der Waals surface area contributed by atoms with E-state index in [4.69, 9.17) is 11.6 Å². The molecule has 0 spiro atoms. The fraction of sp³-hybridized carbons (Fsp3) is 0.0909. The minimum atomic E-state index is -0.325. The molecular weight excluding hydrogens is 414 g/mol. The second-order valence-corrected chi connectivity index (χ2v) is 7.55. The maximum absolute atomic E-state index is 12.9. The zero-order valence-electron chi connectivity index (χ0n) is 16.6. The first-order chi connectivity index (χ1) is 15.1. The van der Waals surface area contributed by atoms with Crippen LogP contribution >= 0.6 is 11.6 Å². The molecule has 0 fully saturated rings. The van der Waals surface area contributed by atoms with Crippen LogP contribution < -0.4 is 10.9 Å². The van der Waals surface area contributed by atoms with Gasteiger partial charge in [0.2, 0.25) is 0 Å². The summed E-state index contributed by atoms with van der Waals surface area (Å²) in [5.41, 5.74) is 3.91. The van der Waals surface area contributed by atoms with Crippen LogP contribution in [0.4, 0.5) is 5.82 Å². The van der Waals surface area contributed by atoms with Crippen molar-refractivity contribution in [3.8, 4) is 22.6 Å². The van der Waals surface area contributed by atoms with Gasteiger partial charge in [0, 0.05) is 30.7 Å². The number of anilines is 1. The Morgan fingerprint density at radius 3 is 2.77 bits per heavy atom. The van der Waals surface area contributed by atoms with E-state index in [1.165, 1.54) is 0 Å². The van der Waals surface area contributed by atoms with E-state index in [9.17, 15) is 4.79 Å². The van der Waals surface area contributed by atoms with Gasteiger partial charge in [-0.1, -0.05) is 41.9 Å². The monoisotopic (exact) mass is 431 g/mol. The Bertz CT molecular complexity index is 1440. The zero-order valence-corrected chi connectivity index (χ0v) is 17.3. The summed E-state index contributed by atoms with van der Waals surface area (Å²) in [6, 6.07) is 15.3. The van der Waals surface area contributed by atoms with Crippen molar-refractivity contribution in [2.24, 2.45) is 7.05 Å². The average molecular weight is 432 g/mol. The largest absolute Gasteiger partial charge is 0.361 e. The predicted molar refractivity (Wildman–Crippen MR) is 121 cm³/mol. The first kappa shape index (κ1) is 19.1. The molecule has 0 aliphatic rings. The highest BCUT2D eigenvalue weighted by molar-refractivity contribution is 6.35. The number of nitrogens with one attached hydrogen (secondary N) is 3. The molecule has 154 valence electrons. The molecular formula is C22H18ClN7O. The number of hydrogen-bond acceptors (Lipinski definition) is 5. The van der Waals surface area contributed by atoms with Gasteiger partial charge in [-0.3, -0.25) is 14.6 Å². The molecule has 9 heteroatoms. The van der Waals surface area contributed by atoms with Crippen LogP contribution in [-0.2, 0) is 13.6 Å². The van der Waals surface area contributed by atoms with E-state index in [2.05, 4.69) is 30.6 Å². The van der Waals surface area contributed by atoms with Crippen LogP contribution in [0.1, 0.15) is 5.56 Å². The second-order valence-electron chi connectivity index (χ2n) is 7.14. The van der Waals surface area contributed by atoms with E-state index in [1.54, 1.807) is 16.9 Å². The van der Waals surface area contributed by atoms with E-state index in [0.717, 1.165) is 22.0 Å². The van der Waals surface area contributed by atoms with Crippen molar-refractivity contribution in [1.82, 2.24) is 29.9 Å². The van der Waals surface area contributed by atoms with Crippen molar-refractivity contribution >= 4 is 28.3 Å². The number of aromatic nitrogens is 6. The molecule has 31 heavy (non-hydrogen) atoms. The van der Waals surface area contributed by atoms with Gasteiger partial charge < -0.3 is 10.3 Å². The molecule has 8 nitrogen and oxygen atoms in total. The Kier molecular flexibility index (Phi) is 4.76. The normalized spacial score (nSPS) is 11.2. The molecule has 2 aromatic carbocycles. The lowest BCUT2D eigenvalue weighted by Gasteiger charge is -2.11. The van der Waals surface area contributed by atoms with E-state index in [-0.39, 0.29) is 11.4 Å². The van der Waals surface area contributed by atoms with Gasteiger partial charge in [0.25, 0.3) is 5.56 Å². The molecule has 5 rings (SSSR count). The lowest BCUT2D eigenvalue weighted by atomic mass is 10.1. The molecule has 0 aliphatic carbocycles. The van der Waals surface area contributed by atoms with Gasteiger partial charge in [0.1, 0.15) is 11.4 Å². The number of fused-ring (bicyclic) bond motifs is 1. The average Bonchev–Trinajstić information content (AvgIpc) is 3.42. The van der Waals surface area contributed by atoms with E-state index < -0.39 is 0 Å². The molecule has 0 saturated carbocycles. The minimum Gasteiger partial charge on any atom is -0.361 e. The molecule has 3 heterocycles. The van der Waals surface area contributed by atoms with Crippen LogP contribution in [-0.4, -0.2) is 29.9 Å². The topological polar surface area (TPSA) is 104 Å². The molecule has 0 unspecified atom stereocenters. The summed E-state index contributed by atoms with van der Waals surface area (Å²) in [6.07, 6.45) is 3.52. The van der Waals surface area contributed by atoms with Crippen LogP contribution in [0, 0.1) is 0 Å². The molecule has 3 aromatic heterocycles. The first-order valence-corrected chi connectivity index (χ1v) is 10.0. The van der Waals surface area contributed by atoms with Gasteiger partial charge in [0.05, 0.1) is 22.4 Å². The Balaban J connectivity index is 1.63. The molecule has 3 N–H and O–H groups in total. The molecule has 5 aromatic rings. The highest BCUT2D eigenvalue weighted by Crippen LogP contribution is 2.33. The number of H-pyrrole nitrogens is 2. The summed E-state index contributed by atoms with van der Waals surface area (Å²) < 4.78 is 1.69. The SMILES string of the molecule is Cn1ccc(-c2nc(NCc3ccccc3)c(=O)[nH]c2-c2cc(Cl)c3[nH]ncc3c2)n1. The Hall–Kier alpha value is -3.91. The smallest absolute Gasteiger partial charge is 0.291 e. The summed E-state index contributed by atoms with van der Waals surface area (Å²) in [5.74, 6) is 0.226. The summed E-state index contributed by atoms with van der Waals surface area (Å²) in [4.78, 5) is 20.5. The number of benzene rings is 2. The second kappa shape index (κ2) is 7.73. The fourth-order valence-electron chi connectivity index (χ4n) is 3.45. The van der Waals surface area contributed by atoms with Crippen molar-refractivity contribution in [3.05, 3.63) is 81.9 Å². The zero-order chi connectivity index (χ0) is 21.4. The fourth-order valence-corrected chi connectivity index (χ4v) is 3.71. The summed E-state index contributed by atoms with van der Waals surface area (Å²) in [5, 5.41) is 15.9. The van der Waals surface area contributed by atoms with Crippen LogP contribution in [0.25, 0.3) is 33.5 Å². The lowest BCUT2D eigenvalue weighted by molar-refractivity contribution is 0.770. The maximum atomic E-state index is 12.9. The highest BCUT2D eigenvalue weighted by Gasteiger charge is 2.18. The standard InChI is InChI=1S/C22H18ClN7O/c1-30-8-7-17(29-30)20-19(14-9-15-12-25-28-18(15)16(23)10-14)27-22(31)21(26-20)24-11-13-5-3-2-4-6-13/h2-10,12H,11H2,1H3,(H,24,26)(H,25,28)(H,27,31). The van der Waals surface area contributed by atoms with E-state index >= 15 is 0 Å². The third-order valence-corrected chi connectivity index (χ3v) is 5.26. The van der Waals surface area contributed by atoms with Crippen molar-refractivity contribution in [1.29, 1.82) is 0 Å². The van der Waals surface area contributed by atoms with Gasteiger partial charge in [-0.05, 0) is 23.8 Å². The van der Waals surface area contributed by atoms with Crippen molar-refractivity contribution < 1.29 is 0 Å². The number of rotatable bonds is 5. The number of halogens is 1. The van der Waals surface area contributed by atoms with Gasteiger partial charge in [-0.25, -0.2) is 4.98 Å². The Morgan fingerprint density at radius 2 is 2.00 bits per heavy atom. The van der Waals surface area contributed by atoms with Gasteiger partial charge in [-0.15, -0.1) is 0 Å². The third-order valence-electron chi connectivity index (χ3n) is 4.96. The molecule has 0 atom stereocenters. The van der Waals surface area contributed by atoms with Crippen molar-refractivity contribution in [2.75, 3.05) is 5.32 Å². The third kappa shape index (κ3) is 3.69. The molecule has 0 radical (unpaired) electrons. The lowest BCUT2D eigenvalue weighted by Crippen LogP contribution is -2.18. The van der Waals surface area contributed by atoms with E-state index in [1.807, 2.05) is 55.7 Å². The minimum absolute atomic E-state index is 0.226. The van der Waals surface area contributed by atoms with Crippen LogP contribution in [0.15, 0.2) is 65.7 Å². The van der Waals surface area contributed by atoms with Crippen LogP contribution in [0.3, 0.4) is 0 Å². The number of aryl methyl sites for hydroxylation is 1. The van der Waals surface area contributed by atoms with E-state index in [0.29, 0.717) is 28.6 Å². The van der Waals surface area contributed by atoms with Gasteiger partial charge in [-0.2, -0.15) is 10.2 Å². The van der Waals surface area contributed by atoms with Crippen molar-refractivity contribution in [3.63, 3.8) is 0 Å². The summed E-state index contributed by atoms with van der Waals surface area (Å²) in [7, 11) is 1.83. The predicted octanol–water partition coefficient (Wildman–Crippen LogP) is 3.98. The number of aromatic amines is 2. The van der Waals surface area contributed by atoms with Crippen LogP contribution in [0.2, 0.25) is 5.02 Å². The first-order valence-electron chi connectivity index (χ1n) is 9.63. The van der Waals surface area contributed by atoms with Crippen LogP contribution in [0.5, 0.6) is 0 Å². The summed E-state index contributed by atoms with van der Waals surface area (Å²) >= 11 is 6.43. The quantitative estimate of drug-likeness (QED) is 0.390. The van der Waals surface area contributed by atoms with Crippen molar-refractivity contribution in [2.45, 2.75) is 6.54 Å². The molecule has 0 saturated heterocycles. The highest BCUT2D eigenvalue weighted by atomic mass is 35.5. The molecule has 0 amide bonds. The molecule has 0 aliphatic heterocycles. The number of nitrogens with zero attached hydrogens (tertiary/aromatic N) is 4. The van der Waals surface area contributed by atoms with Gasteiger partial charge >= 0.3 is 0 Å². The molecule has 0 bridgehead atoms.